The molecule has 0 spiro atoms. The Balaban J connectivity index is 1.33. The molecule has 0 fully saturated rings. The van der Waals surface area contributed by atoms with E-state index in [1.54, 1.807) is 59.6 Å². The molecule has 0 aromatic carbocycles. The number of carbonyl (C=O) groups is 1. The van der Waals surface area contributed by atoms with Crippen LogP contribution in [0.4, 0.5) is 5.69 Å². The molecule has 1 amide bonds. The summed E-state index contributed by atoms with van der Waals surface area (Å²) in [5.74, 6) is -0.427. The van der Waals surface area contributed by atoms with Gasteiger partial charge >= 0.3 is 0 Å². The van der Waals surface area contributed by atoms with Gasteiger partial charge in [-0.05, 0) is 30.3 Å². The highest BCUT2D eigenvalue weighted by molar-refractivity contribution is 7.92. The summed E-state index contributed by atoms with van der Waals surface area (Å²) in [7, 11) is -3.65. The Bertz CT molecular complexity index is 1250. The molecular weight excluding hydrogens is 396 g/mol. The quantitative estimate of drug-likeness (QED) is 0.471. The lowest BCUT2D eigenvalue weighted by molar-refractivity contribution is 0.0947. The number of nitrogens with one attached hydrogen (secondary N) is 2. The Kier molecular flexibility index (Phi) is 4.96. The molecule has 4 heterocycles. The van der Waals surface area contributed by atoms with Crippen LogP contribution in [0.25, 0.3) is 16.8 Å². The van der Waals surface area contributed by atoms with E-state index in [1.165, 1.54) is 6.07 Å². The number of hydrogen-bond acceptors (Lipinski definition) is 7. The van der Waals surface area contributed by atoms with E-state index >= 15 is 0 Å². The normalized spacial score (nSPS) is 11.4. The fourth-order valence-electron chi connectivity index (χ4n) is 2.63. The summed E-state index contributed by atoms with van der Waals surface area (Å²) in [5, 5.41) is 10.3. The first-order valence-corrected chi connectivity index (χ1v) is 10.2. The number of amides is 1. The van der Waals surface area contributed by atoms with Crippen molar-refractivity contribution >= 4 is 27.1 Å². The third-order valence-electron chi connectivity index (χ3n) is 4.02. The van der Waals surface area contributed by atoms with Crippen molar-refractivity contribution < 1.29 is 17.7 Å². The van der Waals surface area contributed by atoms with Crippen molar-refractivity contribution in [2.24, 2.45) is 0 Å². The highest BCUT2D eigenvalue weighted by Gasteiger charge is 2.16. The molecule has 10 nitrogen and oxygen atoms in total. The van der Waals surface area contributed by atoms with Crippen LogP contribution >= 0.6 is 0 Å². The minimum Gasteiger partial charge on any atom is -0.355 e. The fraction of sp³-hybridized carbons (Fsp3) is 0.111. The van der Waals surface area contributed by atoms with E-state index in [0.29, 0.717) is 17.0 Å². The van der Waals surface area contributed by atoms with Crippen LogP contribution in [0.5, 0.6) is 0 Å². The van der Waals surface area contributed by atoms with Crippen LogP contribution in [0.15, 0.2) is 65.7 Å². The Hall–Kier alpha value is -3.73. The molecule has 0 atom stereocenters. The monoisotopic (exact) mass is 412 g/mol. The summed E-state index contributed by atoms with van der Waals surface area (Å²) in [6, 6.07) is 10.0. The fourth-order valence-corrected chi connectivity index (χ4v) is 3.59. The van der Waals surface area contributed by atoms with Crippen molar-refractivity contribution in [1.29, 1.82) is 0 Å². The van der Waals surface area contributed by atoms with Crippen LogP contribution < -0.4 is 10.0 Å². The van der Waals surface area contributed by atoms with E-state index in [-0.39, 0.29) is 18.0 Å². The number of carbonyl (C=O) groups excluding carboxylic acids is 1. The van der Waals surface area contributed by atoms with Gasteiger partial charge < -0.3 is 9.84 Å². The van der Waals surface area contributed by atoms with E-state index in [0.717, 1.165) is 5.52 Å². The Morgan fingerprint density at radius 2 is 2.07 bits per heavy atom. The average Bonchev–Trinajstić information content (AvgIpc) is 3.37. The molecule has 4 aromatic heterocycles. The van der Waals surface area contributed by atoms with Crippen LogP contribution in [-0.4, -0.2) is 46.4 Å². The van der Waals surface area contributed by atoms with Crippen LogP contribution in [0.2, 0.25) is 0 Å². The van der Waals surface area contributed by atoms with Crippen LogP contribution in [0.3, 0.4) is 0 Å². The number of nitrogens with zero attached hydrogens (tertiary/aromatic N) is 4. The summed E-state index contributed by atoms with van der Waals surface area (Å²) < 4.78 is 33.7. The first-order chi connectivity index (χ1) is 14.0. The van der Waals surface area contributed by atoms with Gasteiger partial charge in [0.05, 0.1) is 17.0 Å². The van der Waals surface area contributed by atoms with Gasteiger partial charge in [0.2, 0.25) is 10.0 Å². The zero-order valence-corrected chi connectivity index (χ0v) is 15.8. The number of sulfonamides is 1. The molecule has 148 valence electrons. The molecule has 0 bridgehead atoms. The zero-order valence-electron chi connectivity index (χ0n) is 15.0. The first-order valence-electron chi connectivity index (χ1n) is 8.59. The molecule has 4 aromatic rings. The predicted molar refractivity (Wildman–Crippen MR) is 105 cm³/mol. The maximum absolute atomic E-state index is 12.3. The zero-order chi connectivity index (χ0) is 20.3. The summed E-state index contributed by atoms with van der Waals surface area (Å²) in [6.07, 6.45) is 6.48. The topological polar surface area (TPSA) is 131 Å². The van der Waals surface area contributed by atoms with E-state index < -0.39 is 15.9 Å². The molecular formula is C18H16N6O4S. The second-order valence-corrected chi connectivity index (χ2v) is 7.95. The van der Waals surface area contributed by atoms with Gasteiger partial charge in [-0.3, -0.25) is 14.5 Å². The molecule has 11 heteroatoms. The lowest BCUT2D eigenvalue weighted by atomic mass is 10.2. The van der Waals surface area contributed by atoms with Crippen molar-refractivity contribution in [3.8, 4) is 11.3 Å². The maximum Gasteiger partial charge on any atom is 0.273 e. The summed E-state index contributed by atoms with van der Waals surface area (Å²) >= 11 is 0. The third-order valence-corrected chi connectivity index (χ3v) is 5.31. The minimum absolute atomic E-state index is 0.0559. The van der Waals surface area contributed by atoms with Crippen molar-refractivity contribution in [2.75, 3.05) is 17.0 Å². The summed E-state index contributed by atoms with van der Waals surface area (Å²) in [6.45, 7) is -0.0851. The summed E-state index contributed by atoms with van der Waals surface area (Å²) in [5.41, 5.74) is 1.91. The standard InChI is InChI=1S/C18H16N6O4S/c25-18(16-11-17(28-22-16)13-2-1-5-19-12-13)20-7-9-29(26,27)23-14-4-8-24-15(10-14)3-6-21-24/h1-6,8,10-12,23H,7,9H2,(H,20,25). The minimum atomic E-state index is -3.65. The van der Waals surface area contributed by atoms with E-state index in [1.807, 2.05) is 0 Å². The molecule has 0 unspecified atom stereocenters. The molecule has 0 saturated carbocycles. The largest absolute Gasteiger partial charge is 0.355 e. The number of fused-ring (bicyclic) bond motifs is 1. The molecule has 4 rings (SSSR count). The van der Waals surface area contributed by atoms with Gasteiger partial charge in [-0.25, -0.2) is 12.9 Å². The number of pyridine rings is 2. The van der Waals surface area contributed by atoms with Gasteiger partial charge in [-0.15, -0.1) is 0 Å². The first kappa shape index (κ1) is 18.6. The van der Waals surface area contributed by atoms with Crippen molar-refractivity contribution in [2.45, 2.75) is 0 Å². The van der Waals surface area contributed by atoms with Gasteiger partial charge in [0.1, 0.15) is 0 Å². The van der Waals surface area contributed by atoms with Crippen molar-refractivity contribution in [3.63, 3.8) is 0 Å². The Morgan fingerprint density at radius 1 is 1.17 bits per heavy atom. The van der Waals surface area contributed by atoms with Crippen molar-refractivity contribution in [1.82, 2.24) is 25.1 Å². The third kappa shape index (κ3) is 4.41. The van der Waals surface area contributed by atoms with Gasteiger partial charge in [-0.1, -0.05) is 5.16 Å². The number of hydrogen-bond donors (Lipinski definition) is 2. The van der Waals surface area contributed by atoms with E-state index in [2.05, 4.69) is 25.3 Å². The maximum atomic E-state index is 12.3. The second kappa shape index (κ2) is 7.72. The number of aromatic nitrogens is 4. The molecule has 2 N–H and O–H groups in total. The van der Waals surface area contributed by atoms with Gasteiger partial charge in [0.15, 0.2) is 11.5 Å². The smallest absolute Gasteiger partial charge is 0.273 e. The van der Waals surface area contributed by atoms with Crippen LogP contribution in [0.1, 0.15) is 10.5 Å². The van der Waals surface area contributed by atoms with Crippen molar-refractivity contribution in [3.05, 3.63) is 66.9 Å². The highest BCUT2D eigenvalue weighted by atomic mass is 32.2. The predicted octanol–water partition coefficient (Wildman–Crippen LogP) is 1.56. The molecule has 0 aliphatic rings. The van der Waals surface area contributed by atoms with Gasteiger partial charge in [0, 0.05) is 43.0 Å². The summed E-state index contributed by atoms with van der Waals surface area (Å²) in [4.78, 5) is 16.1. The SMILES string of the molecule is O=C(NCCS(=O)(=O)Nc1ccn2nccc2c1)c1cc(-c2cccnc2)on1. The Labute approximate surface area is 165 Å². The number of anilines is 1. The molecule has 0 aliphatic carbocycles. The molecule has 0 saturated heterocycles. The molecule has 29 heavy (non-hydrogen) atoms. The highest BCUT2D eigenvalue weighted by Crippen LogP contribution is 2.18. The van der Waals surface area contributed by atoms with E-state index in [9.17, 15) is 13.2 Å². The lowest BCUT2D eigenvalue weighted by Crippen LogP contribution is -2.31. The Morgan fingerprint density at radius 3 is 2.90 bits per heavy atom. The van der Waals surface area contributed by atoms with E-state index in [4.69, 9.17) is 4.52 Å². The number of rotatable bonds is 7. The van der Waals surface area contributed by atoms with Gasteiger partial charge in [0.25, 0.3) is 5.91 Å². The second-order valence-electron chi connectivity index (χ2n) is 6.11. The van der Waals surface area contributed by atoms with Crippen LogP contribution in [0, 0.1) is 0 Å². The average molecular weight is 412 g/mol. The lowest BCUT2D eigenvalue weighted by Gasteiger charge is -2.08. The molecule has 0 radical (unpaired) electrons. The van der Waals surface area contributed by atoms with Crippen LogP contribution in [-0.2, 0) is 10.0 Å². The molecule has 0 aliphatic heterocycles. The van der Waals surface area contributed by atoms with Gasteiger partial charge in [-0.2, -0.15) is 5.10 Å².